The summed E-state index contributed by atoms with van der Waals surface area (Å²) in [5.41, 5.74) is 6.38. The molecule has 1 rings (SSSR count). The Morgan fingerprint density at radius 2 is 2.11 bits per heavy atom. The number of amides is 1. The van der Waals surface area contributed by atoms with Gasteiger partial charge in [-0.05, 0) is 35.9 Å². The number of thioether (sulfide) groups is 1. The first kappa shape index (κ1) is 15.0. The van der Waals surface area contributed by atoms with Gasteiger partial charge in [0.1, 0.15) is 5.82 Å². The van der Waals surface area contributed by atoms with E-state index in [0.29, 0.717) is 24.8 Å². The number of rotatable bonds is 7. The maximum Gasteiger partial charge on any atom is 0.230 e. The molecule has 0 aliphatic rings. The summed E-state index contributed by atoms with van der Waals surface area (Å²) < 4.78 is 12.7. The molecule has 0 fully saturated rings. The highest BCUT2D eigenvalue weighted by Crippen LogP contribution is 2.07. The van der Waals surface area contributed by atoms with E-state index >= 15 is 0 Å². The van der Waals surface area contributed by atoms with Gasteiger partial charge in [-0.2, -0.15) is 11.8 Å². The number of hydrogen-bond acceptors (Lipinski definition) is 3. The molecule has 0 spiro atoms. The van der Waals surface area contributed by atoms with E-state index in [0.717, 1.165) is 11.3 Å². The van der Waals surface area contributed by atoms with Crippen LogP contribution in [0.1, 0.15) is 12.5 Å². The molecule has 3 N–H and O–H groups in total. The van der Waals surface area contributed by atoms with Crippen LogP contribution in [0.4, 0.5) is 4.39 Å². The Morgan fingerprint density at radius 1 is 1.44 bits per heavy atom. The summed E-state index contributed by atoms with van der Waals surface area (Å²) in [6.07, 6.45) is 0. The molecular weight excluding hydrogens is 251 g/mol. The topological polar surface area (TPSA) is 55.1 Å². The first-order chi connectivity index (χ1) is 8.61. The molecule has 0 bridgehead atoms. The molecule has 0 aromatic heterocycles. The molecule has 1 atom stereocenters. The Balaban J connectivity index is 2.19. The van der Waals surface area contributed by atoms with Gasteiger partial charge in [0.15, 0.2) is 0 Å². The third kappa shape index (κ3) is 6.02. The van der Waals surface area contributed by atoms with E-state index in [1.165, 1.54) is 12.1 Å². The fourth-order valence-corrected chi connectivity index (χ4v) is 2.22. The Bertz CT molecular complexity index is 370. The maximum atomic E-state index is 12.7. The monoisotopic (exact) mass is 270 g/mol. The molecular formula is C13H19FN2OS. The third-order valence-electron chi connectivity index (χ3n) is 2.44. The Hall–Kier alpha value is -1.07. The van der Waals surface area contributed by atoms with E-state index < -0.39 is 0 Å². The number of nitrogens with two attached hydrogens (primary N) is 1. The number of benzene rings is 1. The molecule has 0 saturated carbocycles. The summed E-state index contributed by atoms with van der Waals surface area (Å²) in [7, 11) is 0. The molecule has 0 heterocycles. The van der Waals surface area contributed by atoms with Crippen molar-refractivity contribution in [3.8, 4) is 0 Å². The van der Waals surface area contributed by atoms with E-state index in [-0.39, 0.29) is 11.7 Å². The largest absolute Gasteiger partial charge is 0.351 e. The van der Waals surface area contributed by atoms with Gasteiger partial charge in [-0.3, -0.25) is 4.79 Å². The normalized spacial score (nSPS) is 12.2. The van der Waals surface area contributed by atoms with Crippen LogP contribution in [-0.4, -0.2) is 24.0 Å². The quantitative estimate of drug-likeness (QED) is 0.794. The summed E-state index contributed by atoms with van der Waals surface area (Å²) >= 11 is 1.58. The summed E-state index contributed by atoms with van der Waals surface area (Å²) in [6.45, 7) is 3.14. The standard InChI is InChI=1S/C13H19FN2OS/c1-10(6-15)8-18-9-13(17)16-7-11-2-4-12(14)5-3-11/h2-5,10H,6-9,15H2,1H3,(H,16,17). The van der Waals surface area contributed by atoms with Gasteiger partial charge >= 0.3 is 0 Å². The van der Waals surface area contributed by atoms with E-state index in [1.807, 2.05) is 0 Å². The van der Waals surface area contributed by atoms with Gasteiger partial charge in [0.25, 0.3) is 0 Å². The zero-order chi connectivity index (χ0) is 13.4. The molecule has 18 heavy (non-hydrogen) atoms. The Kier molecular flexibility index (Phi) is 6.75. The summed E-state index contributed by atoms with van der Waals surface area (Å²) in [5, 5.41) is 2.80. The summed E-state index contributed by atoms with van der Waals surface area (Å²) in [6, 6.07) is 6.11. The predicted molar refractivity (Wildman–Crippen MR) is 73.8 cm³/mol. The molecule has 1 unspecified atom stereocenters. The minimum atomic E-state index is -0.267. The van der Waals surface area contributed by atoms with Crippen molar-refractivity contribution < 1.29 is 9.18 Å². The second-order valence-corrected chi connectivity index (χ2v) is 5.29. The van der Waals surface area contributed by atoms with Crippen LogP contribution in [0.5, 0.6) is 0 Å². The van der Waals surface area contributed by atoms with Crippen LogP contribution >= 0.6 is 11.8 Å². The van der Waals surface area contributed by atoms with Gasteiger partial charge in [-0.15, -0.1) is 0 Å². The molecule has 5 heteroatoms. The fourth-order valence-electron chi connectivity index (χ4n) is 1.27. The molecule has 0 aliphatic carbocycles. The van der Waals surface area contributed by atoms with Gasteiger partial charge in [0, 0.05) is 6.54 Å². The molecule has 100 valence electrons. The molecule has 1 amide bonds. The van der Waals surface area contributed by atoms with Gasteiger partial charge in [-0.25, -0.2) is 4.39 Å². The van der Waals surface area contributed by atoms with Crippen LogP contribution in [0.3, 0.4) is 0 Å². The Morgan fingerprint density at radius 3 is 2.72 bits per heavy atom. The molecule has 1 aromatic carbocycles. The van der Waals surface area contributed by atoms with Gasteiger partial charge in [-0.1, -0.05) is 19.1 Å². The lowest BCUT2D eigenvalue weighted by atomic mass is 10.2. The summed E-state index contributed by atoms with van der Waals surface area (Å²) in [4.78, 5) is 11.5. The van der Waals surface area contributed by atoms with Crippen LogP contribution in [0, 0.1) is 11.7 Å². The van der Waals surface area contributed by atoms with Crippen LogP contribution in [0.2, 0.25) is 0 Å². The van der Waals surface area contributed by atoms with Crippen LogP contribution in [-0.2, 0) is 11.3 Å². The molecule has 1 aromatic rings. The number of halogens is 1. The fraction of sp³-hybridized carbons (Fsp3) is 0.462. The van der Waals surface area contributed by atoms with Crippen molar-refractivity contribution in [2.45, 2.75) is 13.5 Å². The van der Waals surface area contributed by atoms with Crippen LogP contribution in [0.15, 0.2) is 24.3 Å². The SMILES string of the molecule is CC(CN)CSCC(=O)NCc1ccc(F)cc1. The van der Waals surface area contributed by atoms with Gasteiger partial charge < -0.3 is 11.1 Å². The van der Waals surface area contributed by atoms with Crippen molar-refractivity contribution in [3.05, 3.63) is 35.6 Å². The van der Waals surface area contributed by atoms with Crippen molar-refractivity contribution in [2.24, 2.45) is 11.7 Å². The lowest BCUT2D eigenvalue weighted by Gasteiger charge is -2.08. The minimum Gasteiger partial charge on any atom is -0.351 e. The molecule has 0 saturated heterocycles. The van der Waals surface area contributed by atoms with Crippen molar-refractivity contribution in [1.82, 2.24) is 5.32 Å². The molecule has 0 aliphatic heterocycles. The lowest BCUT2D eigenvalue weighted by molar-refractivity contribution is -0.118. The first-order valence-electron chi connectivity index (χ1n) is 5.90. The van der Waals surface area contributed by atoms with Crippen LogP contribution in [0.25, 0.3) is 0 Å². The first-order valence-corrected chi connectivity index (χ1v) is 7.06. The molecule has 3 nitrogen and oxygen atoms in total. The van der Waals surface area contributed by atoms with Crippen LogP contribution < -0.4 is 11.1 Å². The lowest BCUT2D eigenvalue weighted by Crippen LogP contribution is -2.25. The highest BCUT2D eigenvalue weighted by atomic mass is 32.2. The highest BCUT2D eigenvalue weighted by molar-refractivity contribution is 7.99. The van der Waals surface area contributed by atoms with E-state index in [4.69, 9.17) is 5.73 Å². The number of carbonyl (C=O) groups excluding carboxylic acids is 1. The zero-order valence-corrected chi connectivity index (χ0v) is 11.3. The second-order valence-electron chi connectivity index (χ2n) is 4.26. The van der Waals surface area contributed by atoms with Crippen molar-refractivity contribution in [3.63, 3.8) is 0 Å². The summed E-state index contributed by atoms with van der Waals surface area (Å²) in [5.74, 6) is 1.48. The maximum absolute atomic E-state index is 12.7. The van der Waals surface area contributed by atoms with Crippen molar-refractivity contribution >= 4 is 17.7 Å². The zero-order valence-electron chi connectivity index (χ0n) is 10.5. The smallest absolute Gasteiger partial charge is 0.230 e. The average Bonchev–Trinajstić information content (AvgIpc) is 2.38. The van der Waals surface area contributed by atoms with Crippen molar-refractivity contribution in [1.29, 1.82) is 0 Å². The highest BCUT2D eigenvalue weighted by Gasteiger charge is 2.04. The Labute approximate surface area is 111 Å². The average molecular weight is 270 g/mol. The van der Waals surface area contributed by atoms with E-state index in [2.05, 4.69) is 12.2 Å². The molecule has 0 radical (unpaired) electrons. The minimum absolute atomic E-state index is 0.00598. The predicted octanol–water partition coefficient (Wildman–Crippen LogP) is 1.77. The number of nitrogens with one attached hydrogen (secondary N) is 1. The van der Waals surface area contributed by atoms with Gasteiger partial charge in [0.2, 0.25) is 5.91 Å². The number of hydrogen-bond donors (Lipinski definition) is 2. The van der Waals surface area contributed by atoms with Crippen molar-refractivity contribution in [2.75, 3.05) is 18.1 Å². The van der Waals surface area contributed by atoms with E-state index in [9.17, 15) is 9.18 Å². The van der Waals surface area contributed by atoms with Gasteiger partial charge in [0.05, 0.1) is 5.75 Å². The second kappa shape index (κ2) is 8.11. The third-order valence-corrected chi connectivity index (χ3v) is 3.71. The number of carbonyl (C=O) groups is 1. The van der Waals surface area contributed by atoms with E-state index in [1.54, 1.807) is 23.9 Å².